The van der Waals surface area contributed by atoms with Crippen molar-refractivity contribution in [3.63, 3.8) is 0 Å². The first-order valence-electron chi connectivity index (χ1n) is 8.81. The third kappa shape index (κ3) is 4.66. The molecule has 0 aliphatic carbocycles. The summed E-state index contributed by atoms with van der Waals surface area (Å²) in [5.41, 5.74) is -0.313. The highest BCUT2D eigenvalue weighted by molar-refractivity contribution is 5.57. The van der Waals surface area contributed by atoms with Crippen LogP contribution in [0, 0.1) is 0 Å². The fraction of sp³-hybridized carbons (Fsp3) is 0.316. The monoisotopic (exact) mass is 428 g/mol. The van der Waals surface area contributed by atoms with Gasteiger partial charge in [-0.1, -0.05) is 6.92 Å². The summed E-state index contributed by atoms with van der Waals surface area (Å²) in [7, 11) is 1.63. The zero-order chi connectivity index (χ0) is 22.1. The zero-order valence-electron chi connectivity index (χ0n) is 16.0. The summed E-state index contributed by atoms with van der Waals surface area (Å²) in [6.45, 7) is -0.242. The highest BCUT2D eigenvalue weighted by atomic mass is 19.4. The second-order valence-corrected chi connectivity index (χ2v) is 6.50. The fourth-order valence-corrected chi connectivity index (χ4v) is 2.69. The van der Waals surface area contributed by atoms with Crippen LogP contribution >= 0.6 is 0 Å². The van der Waals surface area contributed by atoms with Crippen LogP contribution in [0.4, 0.5) is 22.0 Å². The van der Waals surface area contributed by atoms with Crippen LogP contribution in [0.1, 0.15) is 19.2 Å². The van der Waals surface area contributed by atoms with E-state index < -0.39 is 36.5 Å². The summed E-state index contributed by atoms with van der Waals surface area (Å²) in [5.74, 6) is -4.32. The average Bonchev–Trinajstić information content (AvgIpc) is 3.12. The summed E-state index contributed by atoms with van der Waals surface area (Å²) in [6, 6.07) is 5.86. The van der Waals surface area contributed by atoms with Gasteiger partial charge in [0.25, 0.3) is 5.56 Å². The number of halogens is 5. The minimum atomic E-state index is -4.52. The van der Waals surface area contributed by atoms with E-state index in [-0.39, 0.29) is 17.1 Å². The van der Waals surface area contributed by atoms with Gasteiger partial charge in [0.15, 0.2) is 12.4 Å². The SMILES string of the molecule is CCC(F)(F)c1nc(-c2cnn(C)c2)cc(=O)n1-c1ccc(OCC(F)(F)F)cc1. The summed E-state index contributed by atoms with van der Waals surface area (Å²) < 4.78 is 72.9. The van der Waals surface area contributed by atoms with Crippen molar-refractivity contribution in [2.75, 3.05) is 6.61 Å². The van der Waals surface area contributed by atoms with E-state index in [1.54, 1.807) is 7.05 Å². The summed E-state index contributed by atoms with van der Waals surface area (Å²) >= 11 is 0. The Morgan fingerprint density at radius 2 is 1.77 bits per heavy atom. The molecule has 0 unspecified atom stereocenters. The van der Waals surface area contributed by atoms with E-state index in [1.165, 1.54) is 36.1 Å². The minimum Gasteiger partial charge on any atom is -0.484 e. The Labute approximate surface area is 167 Å². The van der Waals surface area contributed by atoms with Gasteiger partial charge >= 0.3 is 12.1 Å². The molecule has 0 fully saturated rings. The number of ether oxygens (including phenoxy) is 1. The molecule has 3 rings (SSSR count). The molecule has 0 aliphatic heterocycles. The maximum absolute atomic E-state index is 14.7. The van der Waals surface area contributed by atoms with Crippen LogP contribution in [0.3, 0.4) is 0 Å². The van der Waals surface area contributed by atoms with E-state index in [0.717, 1.165) is 22.8 Å². The van der Waals surface area contributed by atoms with Gasteiger partial charge in [-0.25, -0.2) is 4.98 Å². The van der Waals surface area contributed by atoms with E-state index in [0.29, 0.717) is 5.56 Å². The smallest absolute Gasteiger partial charge is 0.422 e. The molecule has 0 bridgehead atoms. The van der Waals surface area contributed by atoms with Gasteiger partial charge in [-0.3, -0.25) is 14.0 Å². The Hall–Kier alpha value is -3.24. The third-order valence-corrected chi connectivity index (χ3v) is 4.19. The van der Waals surface area contributed by atoms with Gasteiger partial charge in [-0.2, -0.15) is 27.1 Å². The van der Waals surface area contributed by atoms with Crippen LogP contribution in [0.15, 0.2) is 47.5 Å². The molecule has 0 saturated heterocycles. The molecule has 0 spiro atoms. The molecule has 6 nitrogen and oxygen atoms in total. The summed E-state index contributed by atoms with van der Waals surface area (Å²) in [6.07, 6.45) is -2.19. The molecular formula is C19H17F5N4O2. The normalized spacial score (nSPS) is 12.2. The van der Waals surface area contributed by atoms with Gasteiger partial charge in [-0.15, -0.1) is 0 Å². The van der Waals surface area contributed by atoms with Crippen molar-refractivity contribution in [2.45, 2.75) is 25.4 Å². The molecule has 0 aliphatic rings. The lowest BCUT2D eigenvalue weighted by atomic mass is 10.2. The van der Waals surface area contributed by atoms with Crippen LogP contribution in [0.5, 0.6) is 5.75 Å². The summed E-state index contributed by atoms with van der Waals surface area (Å²) in [4.78, 5) is 16.7. The molecule has 2 aromatic heterocycles. The standard InChI is InChI=1S/C19H17F5N4O2/c1-3-18(20,21)17-26-15(12-9-25-27(2)10-12)8-16(29)28(17)13-4-6-14(7-5-13)30-11-19(22,23)24/h4-10H,3,11H2,1-2H3. The van der Waals surface area contributed by atoms with Crippen LogP contribution in [0.2, 0.25) is 0 Å². The number of hydrogen-bond donors (Lipinski definition) is 0. The van der Waals surface area contributed by atoms with Gasteiger partial charge in [0.2, 0.25) is 0 Å². The average molecular weight is 428 g/mol. The quantitative estimate of drug-likeness (QED) is 0.556. The van der Waals surface area contributed by atoms with Crippen LogP contribution < -0.4 is 10.3 Å². The maximum Gasteiger partial charge on any atom is 0.422 e. The Morgan fingerprint density at radius 1 is 1.10 bits per heavy atom. The number of aryl methyl sites for hydroxylation is 1. The number of aromatic nitrogens is 4. The van der Waals surface area contributed by atoms with Gasteiger partial charge in [-0.05, 0) is 24.3 Å². The highest BCUT2D eigenvalue weighted by Crippen LogP contribution is 2.32. The Morgan fingerprint density at radius 3 is 2.30 bits per heavy atom. The summed E-state index contributed by atoms with van der Waals surface area (Å²) in [5, 5.41) is 3.95. The predicted molar refractivity (Wildman–Crippen MR) is 97.8 cm³/mol. The van der Waals surface area contributed by atoms with E-state index >= 15 is 0 Å². The molecule has 160 valence electrons. The molecule has 0 amide bonds. The lowest BCUT2D eigenvalue weighted by Gasteiger charge is -2.20. The van der Waals surface area contributed by atoms with Crippen molar-refractivity contribution in [3.8, 4) is 22.7 Å². The first-order valence-corrected chi connectivity index (χ1v) is 8.81. The third-order valence-electron chi connectivity index (χ3n) is 4.19. The molecule has 0 radical (unpaired) electrons. The molecule has 2 heterocycles. The number of alkyl halides is 5. The van der Waals surface area contributed by atoms with Crippen LogP contribution in [-0.2, 0) is 13.0 Å². The number of nitrogens with zero attached hydrogens (tertiary/aromatic N) is 4. The zero-order valence-corrected chi connectivity index (χ0v) is 16.0. The van der Waals surface area contributed by atoms with Crippen molar-refractivity contribution in [1.82, 2.24) is 19.3 Å². The first kappa shape index (κ1) is 21.5. The Kier molecular flexibility index (Phi) is 5.64. The molecule has 3 aromatic rings. The number of rotatable bonds is 6. The van der Waals surface area contributed by atoms with Gasteiger partial charge < -0.3 is 4.74 Å². The second kappa shape index (κ2) is 7.88. The van der Waals surface area contributed by atoms with Crippen molar-refractivity contribution in [1.29, 1.82) is 0 Å². The van der Waals surface area contributed by atoms with Crippen molar-refractivity contribution in [2.24, 2.45) is 7.05 Å². The largest absolute Gasteiger partial charge is 0.484 e. The van der Waals surface area contributed by atoms with E-state index in [1.807, 2.05) is 0 Å². The van der Waals surface area contributed by atoms with Crippen molar-refractivity contribution >= 4 is 0 Å². The molecule has 0 atom stereocenters. The second-order valence-electron chi connectivity index (χ2n) is 6.50. The van der Waals surface area contributed by atoms with Crippen LogP contribution in [-0.4, -0.2) is 32.1 Å². The molecule has 0 N–H and O–H groups in total. The Balaban J connectivity index is 2.06. The molecule has 11 heteroatoms. The van der Waals surface area contributed by atoms with E-state index in [9.17, 15) is 26.7 Å². The lowest BCUT2D eigenvalue weighted by Crippen LogP contribution is -2.30. The van der Waals surface area contributed by atoms with Crippen molar-refractivity contribution in [3.05, 3.63) is 58.9 Å². The van der Waals surface area contributed by atoms with Crippen molar-refractivity contribution < 1.29 is 26.7 Å². The van der Waals surface area contributed by atoms with Gasteiger partial charge in [0.05, 0.1) is 17.6 Å². The number of benzene rings is 1. The van der Waals surface area contributed by atoms with Crippen LogP contribution in [0.25, 0.3) is 16.9 Å². The topological polar surface area (TPSA) is 61.9 Å². The molecule has 30 heavy (non-hydrogen) atoms. The van der Waals surface area contributed by atoms with Gasteiger partial charge in [0.1, 0.15) is 5.75 Å². The van der Waals surface area contributed by atoms with E-state index in [4.69, 9.17) is 0 Å². The van der Waals surface area contributed by atoms with Gasteiger partial charge in [0, 0.05) is 31.3 Å². The van der Waals surface area contributed by atoms with E-state index in [2.05, 4.69) is 14.8 Å². The molecule has 1 aromatic carbocycles. The highest BCUT2D eigenvalue weighted by Gasteiger charge is 2.36. The maximum atomic E-state index is 14.7. The Bertz CT molecular complexity index is 1090. The fourth-order valence-electron chi connectivity index (χ4n) is 2.69. The first-order chi connectivity index (χ1) is 14.0. The lowest BCUT2D eigenvalue weighted by molar-refractivity contribution is -0.153. The molecule has 0 saturated carbocycles. The minimum absolute atomic E-state index is 0.0210. The predicted octanol–water partition coefficient (Wildman–Crippen LogP) is 4.08. The number of hydrogen-bond acceptors (Lipinski definition) is 4. The molecular weight excluding hydrogens is 411 g/mol.